The third kappa shape index (κ3) is 2.48. The summed E-state index contributed by atoms with van der Waals surface area (Å²) in [5.74, 6) is 0.252. The zero-order valence-corrected chi connectivity index (χ0v) is 9.02. The first kappa shape index (κ1) is 10.9. The fourth-order valence-corrected chi connectivity index (χ4v) is 1.63. The summed E-state index contributed by atoms with van der Waals surface area (Å²) in [6, 6.07) is 6.47. The van der Waals surface area contributed by atoms with Crippen LogP contribution in [0.2, 0.25) is 0 Å². The normalized spacial score (nSPS) is 15.2. The Morgan fingerprint density at radius 2 is 2.00 bits per heavy atom. The summed E-state index contributed by atoms with van der Waals surface area (Å²) >= 11 is 0. The van der Waals surface area contributed by atoms with Crippen molar-refractivity contribution in [2.45, 2.75) is 19.3 Å². The number of carbonyl (C=O) groups excluding carboxylic acids is 2. The van der Waals surface area contributed by atoms with Crippen LogP contribution in [-0.2, 0) is 4.74 Å². The molecule has 1 saturated carbocycles. The van der Waals surface area contributed by atoms with Crippen LogP contribution in [0.15, 0.2) is 24.3 Å². The van der Waals surface area contributed by atoms with E-state index in [1.165, 1.54) is 6.42 Å². The molecule has 3 heteroatoms. The van der Waals surface area contributed by atoms with Crippen molar-refractivity contribution in [3.05, 3.63) is 35.4 Å². The van der Waals surface area contributed by atoms with Crippen LogP contribution >= 0.6 is 0 Å². The van der Waals surface area contributed by atoms with Crippen molar-refractivity contribution in [3.63, 3.8) is 0 Å². The smallest absolute Gasteiger partial charge is 0.338 e. The highest BCUT2D eigenvalue weighted by Crippen LogP contribution is 2.26. The van der Waals surface area contributed by atoms with Crippen LogP contribution in [0.25, 0.3) is 0 Å². The molecular formula is C13H14O3. The number of esters is 1. The molecule has 0 atom stereocenters. The molecule has 0 bridgehead atoms. The van der Waals surface area contributed by atoms with E-state index >= 15 is 0 Å². The molecule has 0 aliphatic heterocycles. The second kappa shape index (κ2) is 4.92. The second-order valence-corrected chi connectivity index (χ2v) is 4.14. The van der Waals surface area contributed by atoms with E-state index in [1.54, 1.807) is 24.3 Å². The van der Waals surface area contributed by atoms with E-state index in [-0.39, 0.29) is 5.97 Å². The van der Waals surface area contributed by atoms with E-state index in [0.717, 1.165) is 19.1 Å². The van der Waals surface area contributed by atoms with E-state index in [2.05, 4.69) is 0 Å². The summed E-state index contributed by atoms with van der Waals surface area (Å²) in [5.41, 5.74) is 1.07. The Kier molecular flexibility index (Phi) is 3.34. The topological polar surface area (TPSA) is 43.4 Å². The summed E-state index contributed by atoms with van der Waals surface area (Å²) < 4.78 is 5.18. The fraction of sp³-hybridized carbons (Fsp3) is 0.385. The lowest BCUT2D eigenvalue weighted by molar-refractivity contribution is 0.0371. The number of hydrogen-bond donors (Lipinski definition) is 0. The summed E-state index contributed by atoms with van der Waals surface area (Å²) in [7, 11) is 0. The zero-order chi connectivity index (χ0) is 11.4. The number of rotatable bonds is 4. The van der Waals surface area contributed by atoms with Gasteiger partial charge in [-0.3, -0.25) is 4.79 Å². The van der Waals surface area contributed by atoms with Crippen molar-refractivity contribution in [2.24, 2.45) is 5.92 Å². The Labute approximate surface area is 94.4 Å². The van der Waals surface area contributed by atoms with E-state index in [4.69, 9.17) is 4.74 Å². The molecule has 0 amide bonds. The maximum absolute atomic E-state index is 11.6. The Morgan fingerprint density at radius 1 is 1.31 bits per heavy atom. The first-order chi connectivity index (χ1) is 7.79. The first-order valence-corrected chi connectivity index (χ1v) is 5.52. The third-order valence-electron chi connectivity index (χ3n) is 2.96. The lowest BCUT2D eigenvalue weighted by Crippen LogP contribution is -2.20. The summed E-state index contributed by atoms with van der Waals surface area (Å²) in [6.07, 6.45) is 4.33. The van der Waals surface area contributed by atoms with Gasteiger partial charge in [0.25, 0.3) is 0 Å². The van der Waals surface area contributed by atoms with Gasteiger partial charge < -0.3 is 4.74 Å². The van der Waals surface area contributed by atoms with Gasteiger partial charge in [-0.25, -0.2) is 4.79 Å². The molecule has 1 fully saturated rings. The third-order valence-corrected chi connectivity index (χ3v) is 2.96. The first-order valence-electron chi connectivity index (χ1n) is 5.52. The van der Waals surface area contributed by atoms with E-state index in [1.807, 2.05) is 0 Å². The van der Waals surface area contributed by atoms with Gasteiger partial charge in [0.15, 0.2) is 0 Å². The van der Waals surface area contributed by atoms with Crippen molar-refractivity contribution in [1.29, 1.82) is 0 Å². The molecule has 1 aromatic rings. The van der Waals surface area contributed by atoms with Gasteiger partial charge in [0.05, 0.1) is 12.2 Å². The van der Waals surface area contributed by atoms with Crippen molar-refractivity contribution in [2.75, 3.05) is 6.61 Å². The number of hydrogen-bond acceptors (Lipinski definition) is 3. The number of aldehydes is 1. The van der Waals surface area contributed by atoms with Gasteiger partial charge in [-0.05, 0) is 30.9 Å². The molecule has 0 heterocycles. The van der Waals surface area contributed by atoms with Crippen LogP contribution in [0.1, 0.15) is 40.0 Å². The molecule has 0 unspecified atom stereocenters. The van der Waals surface area contributed by atoms with Crippen molar-refractivity contribution in [3.8, 4) is 0 Å². The average Bonchev–Trinajstić information content (AvgIpc) is 2.27. The highest BCUT2D eigenvalue weighted by molar-refractivity contribution is 5.90. The SMILES string of the molecule is O=Cc1ccc(C(=O)OCC2CCC2)cc1. The molecule has 2 rings (SSSR count). The number of carbonyl (C=O) groups is 2. The van der Waals surface area contributed by atoms with Crippen LogP contribution in [0.4, 0.5) is 0 Å². The van der Waals surface area contributed by atoms with Gasteiger partial charge in [-0.1, -0.05) is 18.6 Å². The van der Waals surface area contributed by atoms with Crippen molar-refractivity contribution < 1.29 is 14.3 Å². The van der Waals surface area contributed by atoms with E-state index in [0.29, 0.717) is 23.7 Å². The predicted octanol–water partition coefficient (Wildman–Crippen LogP) is 2.46. The molecule has 0 radical (unpaired) electrons. The monoisotopic (exact) mass is 218 g/mol. The molecule has 1 aliphatic rings. The molecule has 16 heavy (non-hydrogen) atoms. The summed E-state index contributed by atoms with van der Waals surface area (Å²) in [4.78, 5) is 22.0. The zero-order valence-electron chi connectivity index (χ0n) is 9.02. The maximum atomic E-state index is 11.6. The Balaban J connectivity index is 1.89. The highest BCUT2D eigenvalue weighted by atomic mass is 16.5. The molecule has 0 N–H and O–H groups in total. The van der Waals surface area contributed by atoms with Gasteiger partial charge >= 0.3 is 5.97 Å². The lowest BCUT2D eigenvalue weighted by atomic mass is 9.86. The molecule has 84 valence electrons. The Bertz CT molecular complexity index is 377. The Hall–Kier alpha value is -1.64. The molecule has 0 spiro atoms. The summed E-state index contributed by atoms with van der Waals surface area (Å²) in [6.45, 7) is 0.522. The van der Waals surface area contributed by atoms with Crippen molar-refractivity contribution in [1.82, 2.24) is 0 Å². The van der Waals surface area contributed by atoms with Crippen LogP contribution in [0.5, 0.6) is 0 Å². The second-order valence-electron chi connectivity index (χ2n) is 4.14. The van der Waals surface area contributed by atoms with E-state index in [9.17, 15) is 9.59 Å². The summed E-state index contributed by atoms with van der Waals surface area (Å²) in [5, 5.41) is 0. The van der Waals surface area contributed by atoms with Gasteiger partial charge in [-0.15, -0.1) is 0 Å². The van der Waals surface area contributed by atoms with Gasteiger partial charge in [-0.2, -0.15) is 0 Å². The van der Waals surface area contributed by atoms with Crippen molar-refractivity contribution >= 4 is 12.3 Å². The highest BCUT2D eigenvalue weighted by Gasteiger charge is 2.19. The molecule has 1 aromatic carbocycles. The van der Waals surface area contributed by atoms with E-state index < -0.39 is 0 Å². The Morgan fingerprint density at radius 3 is 2.50 bits per heavy atom. The molecule has 1 aliphatic carbocycles. The van der Waals surface area contributed by atoms with Gasteiger partial charge in [0.2, 0.25) is 0 Å². The minimum atomic E-state index is -0.302. The molecule has 3 nitrogen and oxygen atoms in total. The van der Waals surface area contributed by atoms with Crippen LogP contribution in [-0.4, -0.2) is 18.9 Å². The minimum absolute atomic E-state index is 0.302. The maximum Gasteiger partial charge on any atom is 0.338 e. The quantitative estimate of drug-likeness (QED) is 0.576. The average molecular weight is 218 g/mol. The molecular weight excluding hydrogens is 204 g/mol. The van der Waals surface area contributed by atoms with Gasteiger partial charge in [0.1, 0.15) is 6.29 Å². The van der Waals surface area contributed by atoms with Gasteiger partial charge in [0, 0.05) is 5.56 Å². The molecule has 0 aromatic heterocycles. The number of benzene rings is 1. The largest absolute Gasteiger partial charge is 0.462 e. The van der Waals surface area contributed by atoms with Crippen LogP contribution < -0.4 is 0 Å². The standard InChI is InChI=1S/C13H14O3/c14-8-10-4-6-12(7-5-10)13(15)16-9-11-2-1-3-11/h4-8,11H,1-3,9H2. The lowest BCUT2D eigenvalue weighted by Gasteiger charge is -2.24. The number of ether oxygens (including phenoxy) is 1. The molecule has 0 saturated heterocycles. The van der Waals surface area contributed by atoms with Crippen LogP contribution in [0, 0.1) is 5.92 Å². The minimum Gasteiger partial charge on any atom is -0.462 e. The fourth-order valence-electron chi connectivity index (χ4n) is 1.63. The predicted molar refractivity (Wildman–Crippen MR) is 59.5 cm³/mol. The van der Waals surface area contributed by atoms with Crippen LogP contribution in [0.3, 0.4) is 0 Å².